The van der Waals surface area contributed by atoms with Crippen molar-refractivity contribution >= 4 is 11.4 Å². The Labute approximate surface area is 72.7 Å². The van der Waals surface area contributed by atoms with Crippen LogP contribution in [0.5, 0.6) is 5.75 Å². The molecule has 2 N–H and O–H groups in total. The Hall–Kier alpha value is -1.38. The van der Waals surface area contributed by atoms with E-state index in [2.05, 4.69) is 10.6 Å². The summed E-state index contributed by atoms with van der Waals surface area (Å²) >= 11 is 0. The van der Waals surface area contributed by atoms with Gasteiger partial charge in [0.25, 0.3) is 0 Å². The summed E-state index contributed by atoms with van der Waals surface area (Å²) in [6, 6.07) is 5.92. The molecular formula is C9H14N2O. The van der Waals surface area contributed by atoms with Crippen LogP contribution in [-0.2, 0) is 0 Å². The van der Waals surface area contributed by atoms with Crippen LogP contribution >= 0.6 is 0 Å². The lowest BCUT2D eigenvalue weighted by Crippen LogP contribution is -1.95. The van der Waals surface area contributed by atoms with E-state index in [4.69, 9.17) is 4.74 Å². The zero-order valence-corrected chi connectivity index (χ0v) is 7.64. The first kappa shape index (κ1) is 8.71. The van der Waals surface area contributed by atoms with Crippen LogP contribution in [0.2, 0.25) is 0 Å². The lowest BCUT2D eigenvalue weighted by atomic mass is 10.2. The van der Waals surface area contributed by atoms with E-state index < -0.39 is 0 Å². The van der Waals surface area contributed by atoms with E-state index in [0.29, 0.717) is 0 Å². The Morgan fingerprint density at radius 2 is 1.92 bits per heavy atom. The van der Waals surface area contributed by atoms with Gasteiger partial charge in [0.1, 0.15) is 5.75 Å². The van der Waals surface area contributed by atoms with Crippen LogP contribution in [0.15, 0.2) is 18.2 Å². The summed E-state index contributed by atoms with van der Waals surface area (Å²) in [6.45, 7) is 0. The molecule has 3 nitrogen and oxygen atoms in total. The van der Waals surface area contributed by atoms with Gasteiger partial charge in [-0.15, -0.1) is 0 Å². The van der Waals surface area contributed by atoms with Crippen LogP contribution in [0.25, 0.3) is 0 Å². The highest BCUT2D eigenvalue weighted by molar-refractivity contribution is 5.63. The number of hydrogen-bond acceptors (Lipinski definition) is 3. The molecule has 12 heavy (non-hydrogen) atoms. The summed E-state index contributed by atoms with van der Waals surface area (Å²) in [4.78, 5) is 0. The Morgan fingerprint density at radius 3 is 2.42 bits per heavy atom. The minimum absolute atomic E-state index is 0.851. The van der Waals surface area contributed by atoms with Gasteiger partial charge in [0.2, 0.25) is 0 Å². The molecule has 0 spiro atoms. The Kier molecular flexibility index (Phi) is 2.80. The predicted octanol–water partition coefficient (Wildman–Crippen LogP) is 1.78. The predicted molar refractivity (Wildman–Crippen MR) is 52.1 cm³/mol. The van der Waals surface area contributed by atoms with E-state index >= 15 is 0 Å². The molecule has 66 valence electrons. The van der Waals surface area contributed by atoms with Crippen LogP contribution in [0.1, 0.15) is 0 Å². The molecule has 0 aliphatic rings. The summed E-state index contributed by atoms with van der Waals surface area (Å²) in [5.74, 6) is 0.851. The fraction of sp³-hybridized carbons (Fsp3) is 0.333. The molecular weight excluding hydrogens is 152 g/mol. The second-order valence-corrected chi connectivity index (χ2v) is 2.42. The molecule has 0 aliphatic heterocycles. The molecule has 0 unspecified atom stereocenters. The van der Waals surface area contributed by atoms with Crippen molar-refractivity contribution in [3.8, 4) is 5.75 Å². The van der Waals surface area contributed by atoms with Crippen molar-refractivity contribution in [3.63, 3.8) is 0 Å². The van der Waals surface area contributed by atoms with Gasteiger partial charge in [0.05, 0.1) is 12.8 Å². The van der Waals surface area contributed by atoms with E-state index in [-0.39, 0.29) is 0 Å². The summed E-state index contributed by atoms with van der Waals surface area (Å²) in [5, 5.41) is 6.09. The minimum atomic E-state index is 0.851. The fourth-order valence-corrected chi connectivity index (χ4v) is 1.05. The zero-order valence-electron chi connectivity index (χ0n) is 7.64. The molecule has 0 atom stereocenters. The standard InChI is InChI=1S/C9H14N2O/c1-10-7-4-5-8(11-2)9(6-7)12-3/h4-6,10-11H,1-3H3. The molecule has 0 bridgehead atoms. The van der Waals surface area contributed by atoms with Crippen molar-refractivity contribution < 1.29 is 4.74 Å². The normalized spacial score (nSPS) is 9.25. The van der Waals surface area contributed by atoms with E-state index in [1.54, 1.807) is 7.11 Å². The first-order chi connectivity index (χ1) is 5.81. The summed E-state index contributed by atoms with van der Waals surface area (Å²) in [5.41, 5.74) is 2.04. The number of hydrogen-bond donors (Lipinski definition) is 2. The monoisotopic (exact) mass is 166 g/mol. The number of nitrogens with one attached hydrogen (secondary N) is 2. The van der Waals surface area contributed by atoms with Gasteiger partial charge in [-0.3, -0.25) is 0 Å². The zero-order chi connectivity index (χ0) is 8.97. The van der Waals surface area contributed by atoms with Crippen molar-refractivity contribution in [1.82, 2.24) is 0 Å². The van der Waals surface area contributed by atoms with Crippen LogP contribution in [0.3, 0.4) is 0 Å². The molecule has 1 aromatic carbocycles. The molecule has 1 aromatic rings. The van der Waals surface area contributed by atoms with E-state index in [1.807, 2.05) is 32.3 Å². The smallest absolute Gasteiger partial charge is 0.143 e. The first-order valence-electron chi connectivity index (χ1n) is 3.85. The van der Waals surface area contributed by atoms with Gasteiger partial charge in [0, 0.05) is 25.8 Å². The average molecular weight is 166 g/mol. The van der Waals surface area contributed by atoms with Crippen LogP contribution in [-0.4, -0.2) is 21.2 Å². The van der Waals surface area contributed by atoms with Crippen molar-refractivity contribution in [2.24, 2.45) is 0 Å². The minimum Gasteiger partial charge on any atom is -0.495 e. The van der Waals surface area contributed by atoms with Gasteiger partial charge in [-0.05, 0) is 12.1 Å². The van der Waals surface area contributed by atoms with Crippen molar-refractivity contribution in [1.29, 1.82) is 0 Å². The average Bonchev–Trinajstić information content (AvgIpc) is 2.16. The van der Waals surface area contributed by atoms with Gasteiger partial charge in [-0.25, -0.2) is 0 Å². The molecule has 0 saturated heterocycles. The molecule has 0 saturated carbocycles. The van der Waals surface area contributed by atoms with Gasteiger partial charge < -0.3 is 15.4 Å². The number of anilines is 2. The molecule has 0 amide bonds. The molecule has 0 aliphatic carbocycles. The van der Waals surface area contributed by atoms with Crippen LogP contribution < -0.4 is 15.4 Å². The summed E-state index contributed by atoms with van der Waals surface area (Å²) < 4.78 is 5.18. The Bertz CT molecular complexity index is 261. The number of rotatable bonds is 3. The second kappa shape index (κ2) is 3.85. The molecule has 0 heterocycles. The van der Waals surface area contributed by atoms with E-state index in [1.165, 1.54) is 0 Å². The third kappa shape index (κ3) is 1.61. The van der Waals surface area contributed by atoms with Crippen molar-refractivity contribution in [2.75, 3.05) is 31.8 Å². The highest BCUT2D eigenvalue weighted by Gasteiger charge is 2.00. The van der Waals surface area contributed by atoms with Crippen molar-refractivity contribution in [3.05, 3.63) is 18.2 Å². The molecule has 0 aromatic heterocycles. The van der Waals surface area contributed by atoms with E-state index in [9.17, 15) is 0 Å². The molecule has 3 heteroatoms. The highest BCUT2D eigenvalue weighted by Crippen LogP contribution is 2.26. The lowest BCUT2D eigenvalue weighted by molar-refractivity contribution is 0.417. The fourth-order valence-electron chi connectivity index (χ4n) is 1.05. The summed E-state index contributed by atoms with van der Waals surface area (Å²) in [7, 11) is 5.42. The maximum atomic E-state index is 5.18. The van der Waals surface area contributed by atoms with Gasteiger partial charge >= 0.3 is 0 Å². The quantitative estimate of drug-likeness (QED) is 0.718. The SMILES string of the molecule is CNc1ccc(NC)c(OC)c1. The number of ether oxygens (including phenoxy) is 1. The third-order valence-electron chi connectivity index (χ3n) is 1.76. The van der Waals surface area contributed by atoms with Crippen LogP contribution in [0, 0.1) is 0 Å². The van der Waals surface area contributed by atoms with Gasteiger partial charge in [-0.2, -0.15) is 0 Å². The highest BCUT2D eigenvalue weighted by atomic mass is 16.5. The summed E-state index contributed by atoms with van der Waals surface area (Å²) in [6.07, 6.45) is 0. The lowest BCUT2D eigenvalue weighted by Gasteiger charge is -2.09. The maximum Gasteiger partial charge on any atom is 0.143 e. The molecule has 1 rings (SSSR count). The van der Waals surface area contributed by atoms with Crippen molar-refractivity contribution in [2.45, 2.75) is 0 Å². The molecule has 0 fully saturated rings. The van der Waals surface area contributed by atoms with E-state index in [0.717, 1.165) is 17.1 Å². The largest absolute Gasteiger partial charge is 0.495 e. The molecule has 0 radical (unpaired) electrons. The van der Waals surface area contributed by atoms with Gasteiger partial charge in [0.15, 0.2) is 0 Å². The second-order valence-electron chi connectivity index (χ2n) is 2.42. The number of methoxy groups -OCH3 is 1. The number of benzene rings is 1. The first-order valence-corrected chi connectivity index (χ1v) is 3.85. The topological polar surface area (TPSA) is 33.3 Å². The third-order valence-corrected chi connectivity index (χ3v) is 1.76. The van der Waals surface area contributed by atoms with Gasteiger partial charge in [-0.1, -0.05) is 0 Å². The maximum absolute atomic E-state index is 5.18. The van der Waals surface area contributed by atoms with Crippen LogP contribution in [0.4, 0.5) is 11.4 Å². The Morgan fingerprint density at radius 1 is 1.17 bits per heavy atom. The Balaban J connectivity index is 3.02.